The van der Waals surface area contributed by atoms with Crippen LogP contribution in [0.4, 0.5) is 8.78 Å². The normalized spacial score (nSPS) is 18.2. The summed E-state index contributed by atoms with van der Waals surface area (Å²) < 4.78 is 39.4. The number of hydrogen-bond acceptors (Lipinski definition) is 7. The highest BCUT2D eigenvalue weighted by Crippen LogP contribution is 2.37. The first-order valence-electron chi connectivity index (χ1n) is 13.2. The number of likely N-dealkylation sites (tertiary alicyclic amines) is 1. The molecule has 42 heavy (non-hydrogen) atoms. The second kappa shape index (κ2) is 12.0. The van der Waals surface area contributed by atoms with Gasteiger partial charge in [-0.2, -0.15) is 0 Å². The number of nitrogens with one attached hydrogen (secondary N) is 3. The Bertz CT molecular complexity index is 1520. The Kier molecular flexibility index (Phi) is 8.34. The zero-order valence-electron chi connectivity index (χ0n) is 22.6. The minimum Gasteiger partial charge on any atom is -0.384 e. The summed E-state index contributed by atoms with van der Waals surface area (Å²) in [5.41, 5.74) is 6.78. The van der Waals surface area contributed by atoms with E-state index in [0.717, 1.165) is 23.1 Å². The fraction of sp³-hybridized carbons (Fsp3) is 0.310. The van der Waals surface area contributed by atoms with Crippen LogP contribution in [0, 0.1) is 17.0 Å². The Labute approximate surface area is 244 Å². The van der Waals surface area contributed by atoms with Crippen LogP contribution < -0.4 is 16.4 Å². The second-order valence-electron chi connectivity index (χ2n) is 10.0. The van der Waals surface area contributed by atoms with E-state index < -0.39 is 47.2 Å². The highest BCUT2D eigenvalue weighted by Gasteiger charge is 2.57. The lowest BCUT2D eigenvalue weighted by Gasteiger charge is -2.33. The van der Waals surface area contributed by atoms with Gasteiger partial charge < -0.3 is 30.7 Å². The van der Waals surface area contributed by atoms with Crippen molar-refractivity contribution < 1.29 is 32.6 Å². The lowest BCUT2D eigenvalue weighted by Crippen LogP contribution is -2.57. The monoisotopic (exact) mass is 597 g/mol. The summed E-state index contributed by atoms with van der Waals surface area (Å²) in [5, 5.41) is 14.8. The molecule has 2 atom stereocenters. The molecule has 13 heteroatoms. The number of amidine groups is 1. The number of ether oxygens (including phenoxy) is 2. The van der Waals surface area contributed by atoms with Gasteiger partial charge in [0, 0.05) is 39.9 Å². The highest BCUT2D eigenvalue weighted by atomic mass is 32.1. The van der Waals surface area contributed by atoms with Gasteiger partial charge in [-0.3, -0.25) is 19.8 Å². The van der Waals surface area contributed by atoms with Crippen molar-refractivity contribution in [3.8, 4) is 11.1 Å². The van der Waals surface area contributed by atoms with Gasteiger partial charge in [0.1, 0.15) is 17.5 Å². The predicted octanol–water partition coefficient (Wildman–Crippen LogP) is 2.93. The number of hydrogen-bond donors (Lipinski definition) is 4. The molecule has 2 aliphatic heterocycles. The van der Waals surface area contributed by atoms with Crippen molar-refractivity contribution in [1.29, 1.82) is 5.41 Å². The fourth-order valence-electron chi connectivity index (χ4n) is 5.13. The van der Waals surface area contributed by atoms with Crippen molar-refractivity contribution in [3.05, 3.63) is 81.5 Å². The second-order valence-corrected chi connectivity index (χ2v) is 11.0. The Hall–Kier alpha value is -4.20. The molecule has 3 heterocycles. The molecule has 0 bridgehead atoms. The van der Waals surface area contributed by atoms with Gasteiger partial charge in [0.2, 0.25) is 11.8 Å². The first kappa shape index (κ1) is 29.3. The average molecular weight is 598 g/mol. The predicted molar refractivity (Wildman–Crippen MR) is 151 cm³/mol. The van der Waals surface area contributed by atoms with Crippen LogP contribution in [-0.2, 0) is 19.1 Å². The molecule has 2 aliphatic rings. The third-order valence-electron chi connectivity index (χ3n) is 7.28. The number of benzene rings is 2. The summed E-state index contributed by atoms with van der Waals surface area (Å²) in [6.45, 7) is 2.14. The largest absolute Gasteiger partial charge is 0.384 e. The van der Waals surface area contributed by atoms with Crippen LogP contribution in [0.15, 0.2) is 53.9 Å². The molecule has 1 spiro atoms. The van der Waals surface area contributed by atoms with Gasteiger partial charge >= 0.3 is 0 Å². The lowest BCUT2D eigenvalue weighted by molar-refractivity contribution is -0.183. The van der Waals surface area contributed by atoms with Crippen LogP contribution >= 0.6 is 11.3 Å². The van der Waals surface area contributed by atoms with Crippen molar-refractivity contribution in [2.75, 3.05) is 26.3 Å². The maximum Gasteiger partial charge on any atom is 0.251 e. The summed E-state index contributed by atoms with van der Waals surface area (Å²) in [7, 11) is 0. The molecular formula is C29H29F2N5O5S. The molecule has 2 saturated heterocycles. The number of nitrogens with zero attached hydrogens (tertiary/aromatic N) is 1. The van der Waals surface area contributed by atoms with E-state index in [2.05, 4.69) is 10.6 Å². The van der Waals surface area contributed by atoms with Gasteiger partial charge in [-0.05, 0) is 48.9 Å². The van der Waals surface area contributed by atoms with E-state index in [1.54, 1.807) is 18.4 Å². The molecule has 10 nitrogen and oxygen atoms in total. The molecule has 5 N–H and O–H groups in total. The first-order chi connectivity index (χ1) is 20.1. The Balaban J connectivity index is 1.25. The van der Waals surface area contributed by atoms with Gasteiger partial charge in [-0.15, -0.1) is 11.3 Å². The molecule has 3 amide bonds. The van der Waals surface area contributed by atoms with E-state index in [1.807, 2.05) is 0 Å². The van der Waals surface area contributed by atoms with Gasteiger partial charge in [0.15, 0.2) is 11.8 Å². The number of rotatable bonds is 8. The average Bonchev–Trinajstić information content (AvgIpc) is 3.74. The molecule has 5 rings (SSSR count). The van der Waals surface area contributed by atoms with Crippen molar-refractivity contribution in [3.63, 3.8) is 0 Å². The number of carbonyl (C=O) groups is 3. The van der Waals surface area contributed by atoms with Gasteiger partial charge in [0.25, 0.3) is 5.91 Å². The molecule has 0 unspecified atom stereocenters. The molecule has 1 aromatic heterocycles. The molecule has 0 radical (unpaired) electrons. The van der Waals surface area contributed by atoms with Crippen LogP contribution in [0.3, 0.4) is 0 Å². The molecule has 0 saturated carbocycles. The summed E-state index contributed by atoms with van der Waals surface area (Å²) in [6, 6.07) is 9.20. The van der Waals surface area contributed by atoms with Crippen LogP contribution in [0.25, 0.3) is 11.1 Å². The Morgan fingerprint density at radius 3 is 2.50 bits per heavy atom. The zero-order chi connectivity index (χ0) is 30.0. The van der Waals surface area contributed by atoms with E-state index in [1.165, 1.54) is 40.5 Å². The number of amides is 3. The Morgan fingerprint density at radius 2 is 1.83 bits per heavy atom. The molecule has 2 aromatic carbocycles. The number of nitrogen functional groups attached to an aromatic ring is 1. The Morgan fingerprint density at radius 1 is 1.12 bits per heavy atom. The van der Waals surface area contributed by atoms with Crippen molar-refractivity contribution in [2.45, 2.75) is 31.2 Å². The van der Waals surface area contributed by atoms with E-state index in [4.69, 9.17) is 20.6 Å². The molecular weight excluding hydrogens is 568 g/mol. The molecule has 0 aliphatic carbocycles. The summed E-state index contributed by atoms with van der Waals surface area (Å²) in [4.78, 5) is 41.7. The molecule has 220 valence electrons. The quantitative estimate of drug-likeness (QED) is 0.232. The summed E-state index contributed by atoms with van der Waals surface area (Å²) in [5.74, 6) is -4.06. The number of nitrogens with two attached hydrogens (primary N) is 1. The third-order valence-corrected chi connectivity index (χ3v) is 8.39. The standard InChI is InChI=1S/C29H29F2N5O5S/c1-16(23-12-19(15-42-23)26(32)33)35-28(39)25-29(40-10-11-41-29)8-9-36(25)24(37)14-34-27(38)18-4-2-17(3-5-18)21-13-20(30)6-7-22(21)31/h2-7,12-13,15-16,25H,8-11,14H2,1H3,(H3,32,33)(H,34,38)(H,35,39)/t16-,25-/m1/s1. The fourth-order valence-corrected chi connectivity index (χ4v) is 6.04. The number of carbonyl (C=O) groups excluding carboxylic acids is 3. The van der Waals surface area contributed by atoms with Crippen molar-refractivity contribution >= 4 is 34.9 Å². The minimum absolute atomic E-state index is 0.0634. The highest BCUT2D eigenvalue weighted by molar-refractivity contribution is 7.10. The van der Waals surface area contributed by atoms with E-state index >= 15 is 0 Å². The maximum atomic E-state index is 14.1. The molecule has 2 fully saturated rings. The lowest BCUT2D eigenvalue weighted by atomic mass is 10.0. The summed E-state index contributed by atoms with van der Waals surface area (Å²) >= 11 is 1.35. The first-order valence-corrected chi connectivity index (χ1v) is 14.1. The third kappa shape index (κ3) is 5.89. The van der Waals surface area contributed by atoms with Crippen LogP contribution in [0.2, 0.25) is 0 Å². The summed E-state index contributed by atoms with van der Waals surface area (Å²) in [6.07, 6.45) is 0.282. The number of thiophene rings is 1. The SMILES string of the molecule is C[C@@H](NC(=O)[C@H]1N(C(=O)CNC(=O)c2ccc(-c3cc(F)ccc3F)cc2)CCC12OCCO2)c1cc(C(=N)N)cs1. The zero-order valence-corrected chi connectivity index (χ0v) is 23.4. The van der Waals surface area contributed by atoms with Crippen LogP contribution in [-0.4, -0.2) is 66.6 Å². The van der Waals surface area contributed by atoms with Gasteiger partial charge in [-0.1, -0.05) is 12.1 Å². The topological polar surface area (TPSA) is 147 Å². The van der Waals surface area contributed by atoms with Crippen molar-refractivity contribution in [1.82, 2.24) is 15.5 Å². The van der Waals surface area contributed by atoms with E-state index in [-0.39, 0.29) is 49.7 Å². The van der Waals surface area contributed by atoms with Gasteiger partial charge in [-0.25, -0.2) is 8.78 Å². The van der Waals surface area contributed by atoms with E-state index in [0.29, 0.717) is 11.1 Å². The van der Waals surface area contributed by atoms with Crippen molar-refractivity contribution in [2.24, 2.45) is 5.73 Å². The van der Waals surface area contributed by atoms with Gasteiger partial charge in [0.05, 0.1) is 25.8 Å². The molecule has 3 aromatic rings. The minimum atomic E-state index is -1.29. The maximum absolute atomic E-state index is 14.1. The van der Waals surface area contributed by atoms with E-state index in [9.17, 15) is 23.2 Å². The van der Waals surface area contributed by atoms with Crippen LogP contribution in [0.5, 0.6) is 0 Å². The van der Waals surface area contributed by atoms with Crippen LogP contribution in [0.1, 0.15) is 40.2 Å². The smallest absolute Gasteiger partial charge is 0.251 e. The number of halogens is 2.